The van der Waals surface area contributed by atoms with Gasteiger partial charge in [0.25, 0.3) is 5.41 Å². The highest BCUT2D eigenvalue weighted by Gasteiger charge is 2.58. The average molecular weight is 587 g/mol. The summed E-state index contributed by atoms with van der Waals surface area (Å²) in [7, 11) is 0. The van der Waals surface area contributed by atoms with Gasteiger partial charge in [-0.25, -0.2) is 4.79 Å². The van der Waals surface area contributed by atoms with E-state index < -0.39 is 35.7 Å². The van der Waals surface area contributed by atoms with E-state index in [1.54, 1.807) is 91.0 Å². The third-order valence-electron chi connectivity index (χ3n) is 6.68. The first-order chi connectivity index (χ1) is 20.9. The predicted molar refractivity (Wildman–Crippen MR) is 160 cm³/mol. The van der Waals surface area contributed by atoms with Gasteiger partial charge in [0.05, 0.1) is 6.61 Å². The Bertz CT molecular complexity index is 1200. The van der Waals surface area contributed by atoms with Gasteiger partial charge in [0.15, 0.2) is 0 Å². The second-order valence-corrected chi connectivity index (χ2v) is 10.1. The molecule has 0 heterocycles. The molecule has 43 heavy (non-hydrogen) atoms. The standard InChI is InChI=1S/C35H38O8/c1-3-4-5-15-22-40-31(36)27(2)23-35(32(37)41-24-28-16-9-6-10-17-28,33(38)42-25-29-18-11-7-12-19-29)34(39)43-26-30-20-13-8-14-21-30/h6-14,16-21H,2-5,15,22-26H2,1H3. The molecule has 0 aliphatic heterocycles. The molecule has 0 atom stereocenters. The molecule has 0 radical (unpaired) electrons. The molecule has 0 aromatic heterocycles. The fourth-order valence-corrected chi connectivity index (χ4v) is 4.19. The van der Waals surface area contributed by atoms with Crippen molar-refractivity contribution in [3.63, 3.8) is 0 Å². The van der Waals surface area contributed by atoms with E-state index in [2.05, 4.69) is 13.5 Å². The molecule has 0 aliphatic rings. The van der Waals surface area contributed by atoms with Crippen LogP contribution >= 0.6 is 0 Å². The van der Waals surface area contributed by atoms with E-state index in [1.807, 2.05) is 0 Å². The summed E-state index contributed by atoms with van der Waals surface area (Å²) in [6, 6.07) is 26.3. The van der Waals surface area contributed by atoms with Crippen LogP contribution in [0.5, 0.6) is 0 Å². The maximum absolute atomic E-state index is 13.8. The van der Waals surface area contributed by atoms with Crippen molar-refractivity contribution in [3.8, 4) is 0 Å². The molecule has 0 saturated heterocycles. The molecular formula is C35H38O8. The Kier molecular flexibility index (Phi) is 13.2. The second kappa shape index (κ2) is 17.3. The largest absolute Gasteiger partial charge is 0.462 e. The summed E-state index contributed by atoms with van der Waals surface area (Å²) in [5, 5.41) is 0. The van der Waals surface area contributed by atoms with Crippen molar-refractivity contribution in [1.82, 2.24) is 0 Å². The van der Waals surface area contributed by atoms with Crippen molar-refractivity contribution < 1.29 is 38.1 Å². The molecule has 0 N–H and O–H groups in total. The van der Waals surface area contributed by atoms with E-state index in [-0.39, 0.29) is 32.0 Å². The van der Waals surface area contributed by atoms with Crippen molar-refractivity contribution in [1.29, 1.82) is 0 Å². The highest BCUT2D eigenvalue weighted by molar-refractivity contribution is 6.18. The molecule has 0 unspecified atom stereocenters. The lowest BCUT2D eigenvalue weighted by Crippen LogP contribution is -2.50. The summed E-state index contributed by atoms with van der Waals surface area (Å²) in [6.07, 6.45) is 2.80. The van der Waals surface area contributed by atoms with Gasteiger partial charge in [0, 0.05) is 12.0 Å². The van der Waals surface area contributed by atoms with Crippen LogP contribution in [0, 0.1) is 5.41 Å². The molecule has 0 spiro atoms. The van der Waals surface area contributed by atoms with Crippen molar-refractivity contribution >= 4 is 23.9 Å². The van der Waals surface area contributed by atoms with Gasteiger partial charge in [-0.2, -0.15) is 0 Å². The van der Waals surface area contributed by atoms with Gasteiger partial charge in [0.2, 0.25) is 0 Å². The molecule has 3 rings (SSSR count). The lowest BCUT2D eigenvalue weighted by Gasteiger charge is -2.28. The van der Waals surface area contributed by atoms with Crippen molar-refractivity contribution in [2.75, 3.05) is 6.61 Å². The summed E-state index contributed by atoms with van der Waals surface area (Å²) < 4.78 is 21.9. The number of benzene rings is 3. The Morgan fingerprint density at radius 2 is 0.977 bits per heavy atom. The van der Waals surface area contributed by atoms with Crippen molar-refractivity contribution in [3.05, 3.63) is 120 Å². The van der Waals surface area contributed by atoms with Gasteiger partial charge in [-0.1, -0.05) is 124 Å². The molecule has 3 aromatic rings. The summed E-state index contributed by atoms with van der Waals surface area (Å²) in [4.78, 5) is 54.3. The van der Waals surface area contributed by atoms with E-state index in [0.717, 1.165) is 19.3 Å². The highest BCUT2D eigenvalue weighted by Crippen LogP contribution is 2.33. The van der Waals surface area contributed by atoms with Crippen LogP contribution in [0.25, 0.3) is 0 Å². The van der Waals surface area contributed by atoms with Gasteiger partial charge in [-0.3, -0.25) is 14.4 Å². The zero-order chi connectivity index (χ0) is 30.9. The molecule has 0 amide bonds. The van der Waals surface area contributed by atoms with Crippen LogP contribution in [-0.2, 0) is 57.9 Å². The zero-order valence-electron chi connectivity index (χ0n) is 24.5. The maximum atomic E-state index is 13.8. The second-order valence-electron chi connectivity index (χ2n) is 10.1. The van der Waals surface area contributed by atoms with Crippen molar-refractivity contribution in [2.45, 2.75) is 58.8 Å². The average Bonchev–Trinajstić information content (AvgIpc) is 3.05. The number of ether oxygens (including phenoxy) is 4. The van der Waals surface area contributed by atoms with Crippen LogP contribution in [0.4, 0.5) is 0 Å². The normalized spacial score (nSPS) is 10.8. The predicted octanol–water partition coefficient (Wildman–Crippen LogP) is 6.27. The minimum absolute atomic E-state index is 0.139. The molecule has 0 aliphatic carbocycles. The third kappa shape index (κ3) is 9.95. The third-order valence-corrected chi connectivity index (χ3v) is 6.68. The monoisotopic (exact) mass is 586 g/mol. The van der Waals surface area contributed by atoms with Crippen LogP contribution in [0.3, 0.4) is 0 Å². The molecule has 226 valence electrons. The van der Waals surface area contributed by atoms with E-state index in [0.29, 0.717) is 23.1 Å². The summed E-state index contributed by atoms with van der Waals surface area (Å²) in [6.45, 7) is 5.28. The Labute approximate surface area is 252 Å². The topological polar surface area (TPSA) is 105 Å². The molecule has 3 aromatic carbocycles. The summed E-state index contributed by atoms with van der Waals surface area (Å²) in [5.74, 6) is -4.48. The van der Waals surface area contributed by atoms with Gasteiger partial charge in [-0.15, -0.1) is 0 Å². The lowest BCUT2D eigenvalue weighted by molar-refractivity contribution is -0.186. The van der Waals surface area contributed by atoms with Gasteiger partial charge in [-0.05, 0) is 23.1 Å². The first kappa shape index (κ1) is 32.8. The Morgan fingerprint density at radius 3 is 1.35 bits per heavy atom. The van der Waals surface area contributed by atoms with Gasteiger partial charge >= 0.3 is 23.9 Å². The smallest absolute Gasteiger partial charge is 0.335 e. The van der Waals surface area contributed by atoms with Crippen LogP contribution in [0.15, 0.2) is 103 Å². The molecule has 0 saturated carbocycles. The minimum atomic E-state index is -2.67. The fourth-order valence-electron chi connectivity index (χ4n) is 4.19. The highest BCUT2D eigenvalue weighted by atomic mass is 16.6. The maximum Gasteiger partial charge on any atom is 0.335 e. The fraction of sp³-hybridized carbons (Fsp3) is 0.314. The van der Waals surface area contributed by atoms with Gasteiger partial charge < -0.3 is 18.9 Å². The van der Waals surface area contributed by atoms with E-state index in [9.17, 15) is 19.2 Å². The SMILES string of the molecule is C=C(CC(C(=O)OCc1ccccc1)(C(=O)OCc1ccccc1)C(=O)OCc1ccccc1)C(=O)OCCCCCC. The number of esters is 4. The molecule has 0 bridgehead atoms. The van der Waals surface area contributed by atoms with Gasteiger partial charge in [0.1, 0.15) is 19.8 Å². The van der Waals surface area contributed by atoms with Crippen LogP contribution < -0.4 is 0 Å². The number of unbranched alkanes of at least 4 members (excludes halogenated alkanes) is 3. The molecule has 8 heteroatoms. The zero-order valence-corrected chi connectivity index (χ0v) is 24.5. The Hall–Kier alpha value is -4.72. The van der Waals surface area contributed by atoms with Crippen molar-refractivity contribution in [2.24, 2.45) is 5.41 Å². The minimum Gasteiger partial charge on any atom is -0.462 e. The number of carbonyl (C=O) groups excluding carboxylic acids is 4. The first-order valence-corrected chi connectivity index (χ1v) is 14.3. The number of hydrogen-bond acceptors (Lipinski definition) is 8. The first-order valence-electron chi connectivity index (χ1n) is 14.3. The Morgan fingerprint density at radius 1 is 0.581 bits per heavy atom. The summed E-state index contributed by atoms with van der Waals surface area (Å²) >= 11 is 0. The van der Waals surface area contributed by atoms with Crippen LogP contribution in [-0.4, -0.2) is 30.5 Å². The van der Waals surface area contributed by atoms with E-state index in [4.69, 9.17) is 18.9 Å². The van der Waals surface area contributed by atoms with E-state index in [1.165, 1.54) is 0 Å². The molecular weight excluding hydrogens is 548 g/mol. The number of carbonyl (C=O) groups is 4. The molecule has 8 nitrogen and oxygen atoms in total. The quantitative estimate of drug-likeness (QED) is 0.0599. The van der Waals surface area contributed by atoms with E-state index >= 15 is 0 Å². The van der Waals surface area contributed by atoms with Crippen LogP contribution in [0.2, 0.25) is 0 Å². The molecule has 0 fully saturated rings. The number of rotatable bonds is 17. The number of hydrogen-bond donors (Lipinski definition) is 0. The Balaban J connectivity index is 1.91. The lowest BCUT2D eigenvalue weighted by atomic mass is 9.81. The summed E-state index contributed by atoms with van der Waals surface area (Å²) in [5.41, 5.74) is -1.04. The van der Waals surface area contributed by atoms with Crippen LogP contribution in [0.1, 0.15) is 55.7 Å².